The Balaban J connectivity index is 1.53. The Labute approximate surface area is 211 Å². The minimum atomic E-state index is -0.760. The normalized spacial score (nSPS) is 10.4. The second-order valence-electron chi connectivity index (χ2n) is 8.47. The highest BCUT2D eigenvalue weighted by molar-refractivity contribution is 5.99. The van der Waals surface area contributed by atoms with Gasteiger partial charge < -0.3 is 9.80 Å². The van der Waals surface area contributed by atoms with Crippen LogP contribution in [0.5, 0.6) is 0 Å². The van der Waals surface area contributed by atoms with Crippen LogP contribution in [0.3, 0.4) is 0 Å². The number of anilines is 4. The Bertz CT molecular complexity index is 1290. The summed E-state index contributed by atoms with van der Waals surface area (Å²) in [6.07, 6.45) is 0. The van der Waals surface area contributed by atoms with Gasteiger partial charge in [-0.15, -0.1) is 0 Å². The predicted molar refractivity (Wildman–Crippen MR) is 142 cm³/mol. The Hall–Kier alpha value is -4.58. The molecule has 0 saturated carbocycles. The number of hydrogen-bond acceptors (Lipinski definition) is 6. The first-order valence-electron chi connectivity index (χ1n) is 11.6. The molecule has 0 radical (unpaired) electrons. The number of rotatable bonds is 6. The molecule has 6 heteroatoms. The maximum absolute atomic E-state index is 13.0. The lowest BCUT2D eigenvalue weighted by Gasteiger charge is -2.24. The number of hydrogen-bond donors (Lipinski definition) is 0. The van der Waals surface area contributed by atoms with Gasteiger partial charge in [-0.3, -0.25) is 0 Å². The molecule has 0 bridgehead atoms. The molecule has 0 aliphatic carbocycles. The Kier molecular flexibility index (Phi) is 7.35. The van der Waals surface area contributed by atoms with Crippen molar-refractivity contribution >= 4 is 34.7 Å². The molecule has 6 nitrogen and oxygen atoms in total. The van der Waals surface area contributed by atoms with Crippen LogP contribution in [0, 0.1) is 13.8 Å². The monoisotopic (exact) mass is 480 g/mol. The van der Waals surface area contributed by atoms with Crippen LogP contribution in [0.15, 0.2) is 97.1 Å². The van der Waals surface area contributed by atoms with Gasteiger partial charge in [-0.05, 0) is 61.4 Å². The number of aryl methyl sites for hydroxylation is 2. The van der Waals surface area contributed by atoms with E-state index in [0.29, 0.717) is 11.4 Å². The summed E-state index contributed by atoms with van der Waals surface area (Å²) in [6.45, 7) is 4.00. The van der Waals surface area contributed by atoms with E-state index in [2.05, 4.69) is 0 Å². The molecule has 0 atom stereocenters. The Morgan fingerprint density at radius 2 is 0.806 bits per heavy atom. The summed E-state index contributed by atoms with van der Waals surface area (Å²) in [4.78, 5) is 39.8. The van der Waals surface area contributed by atoms with Crippen LogP contribution in [0.1, 0.15) is 31.8 Å². The highest BCUT2D eigenvalue weighted by Crippen LogP contribution is 2.31. The molecule has 0 unspecified atom stereocenters. The van der Waals surface area contributed by atoms with Crippen LogP contribution in [-0.4, -0.2) is 26.0 Å². The molecule has 36 heavy (non-hydrogen) atoms. The van der Waals surface area contributed by atoms with E-state index in [1.54, 1.807) is 24.3 Å². The first-order valence-corrected chi connectivity index (χ1v) is 11.6. The second-order valence-corrected chi connectivity index (χ2v) is 8.47. The molecule has 4 aromatic rings. The van der Waals surface area contributed by atoms with E-state index >= 15 is 0 Å². The topological polar surface area (TPSA) is 59.1 Å². The summed E-state index contributed by atoms with van der Waals surface area (Å²) in [5.41, 5.74) is 5.83. The van der Waals surface area contributed by atoms with Crippen molar-refractivity contribution in [3.05, 3.63) is 119 Å². The summed E-state index contributed by atoms with van der Waals surface area (Å²) >= 11 is 0. The molecule has 0 fully saturated rings. The predicted octanol–water partition coefficient (Wildman–Crippen LogP) is 6.77. The molecule has 0 spiro atoms. The van der Waals surface area contributed by atoms with Gasteiger partial charge in [-0.2, -0.15) is 0 Å². The first-order chi connectivity index (χ1) is 17.4. The molecule has 4 rings (SSSR count). The molecular formula is C30H28N2O4. The van der Waals surface area contributed by atoms with Crippen LogP contribution in [0.2, 0.25) is 0 Å². The smallest absolute Gasteiger partial charge is 0.344 e. The Morgan fingerprint density at radius 1 is 0.500 bits per heavy atom. The molecule has 0 saturated heterocycles. The number of nitrogens with zero attached hydrogens (tertiary/aromatic N) is 2. The lowest BCUT2D eigenvalue weighted by molar-refractivity contribution is -0.187. The molecule has 0 aromatic heterocycles. The van der Waals surface area contributed by atoms with Gasteiger partial charge >= 0.3 is 11.9 Å². The first kappa shape index (κ1) is 24.5. The second kappa shape index (κ2) is 10.8. The van der Waals surface area contributed by atoms with Crippen LogP contribution < -0.4 is 9.80 Å². The van der Waals surface area contributed by atoms with Gasteiger partial charge in [0.25, 0.3) is 0 Å². The molecule has 0 N–H and O–H groups in total. The third-order valence-electron chi connectivity index (χ3n) is 6.12. The zero-order valence-corrected chi connectivity index (χ0v) is 20.8. The maximum Gasteiger partial charge on any atom is 0.388 e. The van der Waals surface area contributed by atoms with Gasteiger partial charge in [0.05, 0.1) is 22.5 Å². The largest absolute Gasteiger partial charge is 0.388 e. The lowest BCUT2D eigenvalue weighted by Crippen LogP contribution is -2.19. The van der Waals surface area contributed by atoms with Gasteiger partial charge in [-0.25, -0.2) is 19.4 Å². The SMILES string of the molecule is Cc1ccccc1N(C)c1ccccc1C(=O)OOC(=O)c1ccccc1N(C)c1ccccc1C. The van der Waals surface area contributed by atoms with Crippen LogP contribution in [0.4, 0.5) is 22.7 Å². The molecule has 0 aliphatic rings. The van der Waals surface area contributed by atoms with Gasteiger partial charge in [-0.1, -0.05) is 60.7 Å². The molecule has 0 heterocycles. The highest BCUT2D eigenvalue weighted by atomic mass is 17.2. The number of benzene rings is 4. The summed E-state index contributed by atoms with van der Waals surface area (Å²) in [5, 5.41) is 0. The zero-order chi connectivity index (χ0) is 25.7. The third-order valence-corrected chi connectivity index (χ3v) is 6.12. The van der Waals surface area contributed by atoms with Gasteiger partial charge in [0, 0.05) is 25.5 Å². The van der Waals surface area contributed by atoms with E-state index in [1.807, 2.05) is 111 Å². The van der Waals surface area contributed by atoms with Gasteiger partial charge in [0.15, 0.2) is 0 Å². The minimum Gasteiger partial charge on any atom is -0.344 e. The van der Waals surface area contributed by atoms with Crippen molar-refractivity contribution in [1.29, 1.82) is 0 Å². The summed E-state index contributed by atoms with van der Waals surface area (Å²) in [7, 11) is 3.75. The summed E-state index contributed by atoms with van der Waals surface area (Å²) in [5.74, 6) is -1.52. The van der Waals surface area contributed by atoms with E-state index in [9.17, 15) is 9.59 Å². The third kappa shape index (κ3) is 5.08. The van der Waals surface area contributed by atoms with Crippen molar-refractivity contribution in [3.63, 3.8) is 0 Å². The molecule has 0 amide bonds. The van der Waals surface area contributed by atoms with Gasteiger partial charge in [0.2, 0.25) is 0 Å². The van der Waals surface area contributed by atoms with Crippen molar-refractivity contribution in [3.8, 4) is 0 Å². The minimum absolute atomic E-state index is 0.279. The standard InChI is InChI=1S/C30H28N2O4/c1-21-13-5-9-17-25(21)31(3)27-19-11-7-15-23(27)29(33)35-36-30(34)24-16-8-12-20-28(24)32(4)26-18-10-6-14-22(26)2/h5-20H,1-4H3. The van der Waals surface area contributed by atoms with Crippen molar-refractivity contribution in [2.45, 2.75) is 13.8 Å². The summed E-state index contributed by atoms with van der Waals surface area (Å²) in [6, 6.07) is 29.8. The molecule has 0 aliphatic heterocycles. The van der Waals surface area contributed by atoms with Crippen molar-refractivity contribution in [1.82, 2.24) is 0 Å². The number of carbonyl (C=O) groups excluding carboxylic acids is 2. The van der Waals surface area contributed by atoms with Gasteiger partial charge in [0.1, 0.15) is 0 Å². The lowest BCUT2D eigenvalue weighted by atomic mass is 10.1. The average molecular weight is 481 g/mol. The van der Waals surface area contributed by atoms with Crippen molar-refractivity contribution in [2.24, 2.45) is 0 Å². The fourth-order valence-corrected chi connectivity index (χ4v) is 4.18. The van der Waals surface area contributed by atoms with Crippen molar-refractivity contribution < 1.29 is 19.4 Å². The molecule has 4 aromatic carbocycles. The van der Waals surface area contributed by atoms with Crippen LogP contribution >= 0.6 is 0 Å². The fourth-order valence-electron chi connectivity index (χ4n) is 4.18. The Morgan fingerprint density at radius 3 is 1.17 bits per heavy atom. The van der Waals surface area contributed by atoms with E-state index in [0.717, 1.165) is 22.5 Å². The zero-order valence-electron chi connectivity index (χ0n) is 20.8. The number of carbonyl (C=O) groups is 2. The maximum atomic E-state index is 13.0. The average Bonchev–Trinajstić information content (AvgIpc) is 2.91. The molecular weight excluding hydrogens is 452 g/mol. The van der Waals surface area contributed by atoms with E-state index in [1.165, 1.54) is 0 Å². The summed E-state index contributed by atoms with van der Waals surface area (Å²) < 4.78 is 0. The fraction of sp³-hybridized carbons (Fsp3) is 0.133. The van der Waals surface area contributed by atoms with E-state index in [4.69, 9.17) is 9.78 Å². The quantitative estimate of drug-likeness (QED) is 0.224. The van der Waals surface area contributed by atoms with Crippen LogP contribution in [-0.2, 0) is 9.78 Å². The number of para-hydroxylation sites is 4. The highest BCUT2D eigenvalue weighted by Gasteiger charge is 2.22. The van der Waals surface area contributed by atoms with Crippen LogP contribution in [0.25, 0.3) is 0 Å². The van der Waals surface area contributed by atoms with E-state index in [-0.39, 0.29) is 11.1 Å². The van der Waals surface area contributed by atoms with Crippen molar-refractivity contribution in [2.75, 3.05) is 23.9 Å². The molecule has 182 valence electrons. The van der Waals surface area contributed by atoms with E-state index < -0.39 is 11.9 Å².